The maximum atomic E-state index is 12.5. The van der Waals surface area contributed by atoms with Gasteiger partial charge < -0.3 is 9.84 Å². The van der Waals surface area contributed by atoms with Crippen LogP contribution in [0, 0.1) is 0 Å². The Kier molecular flexibility index (Phi) is 3.89. The summed E-state index contributed by atoms with van der Waals surface area (Å²) in [5.41, 5.74) is -2.09. The van der Waals surface area contributed by atoms with E-state index in [4.69, 9.17) is 5.11 Å². The number of ether oxygens (including phenoxy) is 1. The maximum absolute atomic E-state index is 12.5. The number of rotatable bonds is 3. The molecule has 0 aromatic carbocycles. The minimum Gasteiger partial charge on any atom is -0.481 e. The summed E-state index contributed by atoms with van der Waals surface area (Å²) in [7, 11) is 0.987. The Balaban J connectivity index is 3.28. The lowest BCUT2D eigenvalue weighted by Gasteiger charge is -2.09. The van der Waals surface area contributed by atoms with E-state index in [9.17, 15) is 22.8 Å². The summed E-state index contributed by atoms with van der Waals surface area (Å²) < 4.78 is 41.7. The number of halogens is 3. The van der Waals surface area contributed by atoms with Crippen molar-refractivity contribution in [2.75, 3.05) is 7.11 Å². The fraction of sp³-hybridized carbons (Fsp3) is 0.300. The van der Waals surface area contributed by atoms with Gasteiger partial charge in [0.15, 0.2) is 0 Å². The molecule has 0 unspecified atom stereocenters. The number of pyridine rings is 1. The predicted molar refractivity (Wildman–Crippen MR) is 51.9 cm³/mol. The molecule has 18 heavy (non-hydrogen) atoms. The average molecular weight is 263 g/mol. The fourth-order valence-electron chi connectivity index (χ4n) is 1.22. The van der Waals surface area contributed by atoms with Crippen LogP contribution < -0.4 is 0 Å². The maximum Gasteiger partial charge on any atom is 0.433 e. The Morgan fingerprint density at radius 3 is 2.44 bits per heavy atom. The lowest BCUT2D eigenvalue weighted by molar-refractivity contribution is -0.141. The number of nitrogens with zero attached hydrogens (tertiary/aromatic N) is 1. The van der Waals surface area contributed by atoms with Gasteiger partial charge in [0.25, 0.3) is 0 Å². The minimum absolute atomic E-state index is 0.176. The zero-order valence-electron chi connectivity index (χ0n) is 9.11. The molecule has 1 aromatic heterocycles. The molecule has 5 nitrogen and oxygen atoms in total. The molecule has 0 saturated carbocycles. The highest BCUT2D eigenvalue weighted by atomic mass is 19.4. The third-order valence-electron chi connectivity index (χ3n) is 1.93. The van der Waals surface area contributed by atoms with Gasteiger partial charge in [-0.2, -0.15) is 13.2 Å². The number of hydrogen-bond acceptors (Lipinski definition) is 4. The Bertz CT molecular complexity index is 485. The van der Waals surface area contributed by atoms with Crippen molar-refractivity contribution in [2.45, 2.75) is 12.6 Å². The van der Waals surface area contributed by atoms with Crippen molar-refractivity contribution in [3.63, 3.8) is 0 Å². The normalized spacial score (nSPS) is 11.1. The molecule has 0 atom stereocenters. The average Bonchev–Trinajstić information content (AvgIpc) is 2.25. The number of aliphatic carboxylic acids is 1. The summed E-state index contributed by atoms with van der Waals surface area (Å²) in [6.07, 6.45) is -5.41. The van der Waals surface area contributed by atoms with E-state index in [2.05, 4.69) is 9.72 Å². The van der Waals surface area contributed by atoms with Crippen molar-refractivity contribution in [3.8, 4) is 0 Å². The topological polar surface area (TPSA) is 76.5 Å². The molecule has 8 heteroatoms. The molecule has 0 bridgehead atoms. The summed E-state index contributed by atoms with van der Waals surface area (Å²) in [6.45, 7) is 0. The Hall–Kier alpha value is -2.12. The molecule has 1 N–H and O–H groups in total. The number of carboxylic acids is 1. The number of methoxy groups -OCH3 is 1. The second kappa shape index (κ2) is 5.03. The molecular formula is C10H8F3NO4. The standard InChI is InChI=1S/C10H8F3NO4/c1-18-9(17)6-2-5(4-8(15)16)3-7(14-6)10(11,12)13/h2-3H,4H2,1H3,(H,15,16). The van der Waals surface area contributed by atoms with Crippen LogP contribution in [0.5, 0.6) is 0 Å². The molecular weight excluding hydrogens is 255 g/mol. The molecule has 0 radical (unpaired) electrons. The molecule has 0 amide bonds. The fourth-order valence-corrected chi connectivity index (χ4v) is 1.22. The highest BCUT2D eigenvalue weighted by Gasteiger charge is 2.34. The van der Waals surface area contributed by atoms with E-state index in [1.165, 1.54) is 0 Å². The van der Waals surface area contributed by atoms with Gasteiger partial charge in [0.2, 0.25) is 0 Å². The van der Waals surface area contributed by atoms with Crippen LogP contribution in [-0.2, 0) is 22.1 Å². The van der Waals surface area contributed by atoms with Gasteiger partial charge in [0, 0.05) is 0 Å². The van der Waals surface area contributed by atoms with E-state index in [-0.39, 0.29) is 5.56 Å². The van der Waals surface area contributed by atoms with E-state index in [0.29, 0.717) is 6.07 Å². The van der Waals surface area contributed by atoms with E-state index >= 15 is 0 Å². The van der Waals surface area contributed by atoms with Crippen LogP contribution in [0.15, 0.2) is 12.1 Å². The lowest BCUT2D eigenvalue weighted by atomic mass is 10.1. The molecule has 0 aliphatic rings. The van der Waals surface area contributed by atoms with Crippen LogP contribution in [0.4, 0.5) is 13.2 Å². The van der Waals surface area contributed by atoms with Gasteiger partial charge in [-0.15, -0.1) is 0 Å². The first-order valence-corrected chi connectivity index (χ1v) is 4.62. The van der Waals surface area contributed by atoms with Gasteiger partial charge in [-0.05, 0) is 17.7 Å². The first-order chi connectivity index (χ1) is 8.24. The number of carbonyl (C=O) groups excluding carboxylic acids is 1. The van der Waals surface area contributed by atoms with Gasteiger partial charge in [0.05, 0.1) is 13.5 Å². The first kappa shape index (κ1) is 13.9. The minimum atomic E-state index is -4.77. The summed E-state index contributed by atoms with van der Waals surface area (Å²) >= 11 is 0. The predicted octanol–water partition coefficient (Wildman–Crippen LogP) is 1.51. The number of aromatic nitrogens is 1. The molecule has 0 aliphatic heterocycles. The molecule has 98 valence electrons. The molecule has 1 rings (SSSR count). The molecule has 0 spiro atoms. The third kappa shape index (κ3) is 3.44. The SMILES string of the molecule is COC(=O)c1cc(CC(=O)O)cc(C(F)(F)F)n1. The smallest absolute Gasteiger partial charge is 0.433 e. The Morgan fingerprint density at radius 1 is 1.39 bits per heavy atom. The van der Waals surface area contributed by atoms with Gasteiger partial charge in [0.1, 0.15) is 11.4 Å². The monoisotopic (exact) mass is 263 g/mol. The summed E-state index contributed by atoms with van der Waals surface area (Å²) in [6, 6.07) is 1.54. The van der Waals surface area contributed by atoms with Crippen molar-refractivity contribution in [1.29, 1.82) is 0 Å². The number of esters is 1. The second-order valence-electron chi connectivity index (χ2n) is 3.31. The summed E-state index contributed by atoms with van der Waals surface area (Å²) in [5.74, 6) is -2.38. The third-order valence-corrected chi connectivity index (χ3v) is 1.93. The van der Waals surface area contributed by atoms with E-state index in [1.54, 1.807) is 0 Å². The molecule has 1 heterocycles. The Morgan fingerprint density at radius 2 is 2.00 bits per heavy atom. The summed E-state index contributed by atoms with van der Waals surface area (Å²) in [5, 5.41) is 8.53. The van der Waals surface area contributed by atoms with Crippen molar-refractivity contribution >= 4 is 11.9 Å². The first-order valence-electron chi connectivity index (χ1n) is 4.62. The van der Waals surface area contributed by atoms with Gasteiger partial charge >= 0.3 is 18.1 Å². The van der Waals surface area contributed by atoms with Crippen LogP contribution in [0.25, 0.3) is 0 Å². The summed E-state index contributed by atoms with van der Waals surface area (Å²) in [4.78, 5) is 24.7. The van der Waals surface area contributed by atoms with Crippen molar-refractivity contribution in [1.82, 2.24) is 4.98 Å². The number of hydrogen-bond donors (Lipinski definition) is 1. The van der Waals surface area contributed by atoms with Crippen molar-refractivity contribution in [2.24, 2.45) is 0 Å². The Labute approximate surface area is 99.2 Å². The van der Waals surface area contributed by atoms with Gasteiger partial charge in [-0.3, -0.25) is 4.79 Å². The molecule has 0 saturated heterocycles. The number of carbonyl (C=O) groups is 2. The van der Waals surface area contributed by atoms with Crippen molar-refractivity contribution < 1.29 is 32.6 Å². The number of carboxylic acid groups (broad SMARTS) is 1. The second-order valence-corrected chi connectivity index (χ2v) is 3.31. The quantitative estimate of drug-likeness (QED) is 0.836. The van der Waals surface area contributed by atoms with Crippen LogP contribution in [0.3, 0.4) is 0 Å². The highest BCUT2D eigenvalue weighted by Crippen LogP contribution is 2.28. The largest absolute Gasteiger partial charge is 0.481 e. The van der Waals surface area contributed by atoms with Crippen molar-refractivity contribution in [3.05, 3.63) is 29.1 Å². The zero-order chi connectivity index (χ0) is 13.9. The number of alkyl halides is 3. The van der Waals surface area contributed by atoms with Crippen LogP contribution in [0.1, 0.15) is 21.7 Å². The van der Waals surface area contributed by atoms with E-state index in [1.807, 2.05) is 0 Å². The van der Waals surface area contributed by atoms with Gasteiger partial charge in [-0.1, -0.05) is 0 Å². The van der Waals surface area contributed by atoms with Gasteiger partial charge in [-0.25, -0.2) is 9.78 Å². The van der Waals surface area contributed by atoms with E-state index < -0.39 is 35.9 Å². The van der Waals surface area contributed by atoms with E-state index in [0.717, 1.165) is 13.2 Å². The highest BCUT2D eigenvalue weighted by molar-refractivity contribution is 5.87. The zero-order valence-corrected chi connectivity index (χ0v) is 9.11. The molecule has 0 aliphatic carbocycles. The van der Waals surface area contributed by atoms with Crippen LogP contribution >= 0.6 is 0 Å². The van der Waals surface area contributed by atoms with Crippen LogP contribution in [-0.4, -0.2) is 29.1 Å². The molecule has 1 aromatic rings. The molecule has 0 fully saturated rings. The lowest BCUT2D eigenvalue weighted by Crippen LogP contribution is -2.15. The van der Waals surface area contributed by atoms with Crippen LogP contribution in [0.2, 0.25) is 0 Å².